The first-order chi connectivity index (χ1) is 15.2. The molecule has 2 aromatic heterocycles. The Morgan fingerprint density at radius 2 is 1.87 bits per heavy atom. The maximum atomic E-state index is 13.0. The molecule has 0 atom stereocenters. The SMILES string of the molecule is C=CCn1c(=O)c2ccccc2n2c(=S)n(CN3CC=C(c4ccccc4)CC3)nc12. The van der Waals surface area contributed by atoms with Crippen LogP contribution in [0.1, 0.15) is 12.0 Å². The molecule has 4 aromatic rings. The first-order valence-electron chi connectivity index (χ1n) is 10.4. The number of hydrogen-bond donors (Lipinski definition) is 0. The van der Waals surface area contributed by atoms with Gasteiger partial charge in [0.05, 0.1) is 17.6 Å². The summed E-state index contributed by atoms with van der Waals surface area (Å²) >= 11 is 5.79. The van der Waals surface area contributed by atoms with Crippen molar-refractivity contribution < 1.29 is 0 Å². The van der Waals surface area contributed by atoms with Crippen molar-refractivity contribution in [2.45, 2.75) is 19.6 Å². The molecule has 0 amide bonds. The minimum atomic E-state index is -0.0800. The van der Waals surface area contributed by atoms with Crippen LogP contribution in [0.5, 0.6) is 0 Å². The molecule has 6 nitrogen and oxygen atoms in total. The Labute approximate surface area is 185 Å². The highest BCUT2D eigenvalue weighted by molar-refractivity contribution is 7.71. The molecule has 5 rings (SSSR count). The van der Waals surface area contributed by atoms with Gasteiger partial charge in [-0.2, -0.15) is 0 Å². The third kappa shape index (κ3) is 3.45. The number of nitrogens with zero attached hydrogens (tertiary/aromatic N) is 5. The molecule has 0 N–H and O–H groups in total. The molecule has 1 aliphatic rings. The van der Waals surface area contributed by atoms with Crippen molar-refractivity contribution in [2.75, 3.05) is 13.1 Å². The Morgan fingerprint density at radius 1 is 1.10 bits per heavy atom. The largest absolute Gasteiger partial charge is 0.280 e. The smallest absolute Gasteiger partial charge is 0.263 e. The zero-order chi connectivity index (χ0) is 21.4. The Kier molecular flexibility index (Phi) is 5.13. The lowest BCUT2D eigenvalue weighted by Gasteiger charge is -2.26. The monoisotopic (exact) mass is 429 g/mol. The quantitative estimate of drug-likeness (QED) is 0.354. The summed E-state index contributed by atoms with van der Waals surface area (Å²) in [6.45, 7) is 6.51. The zero-order valence-electron chi connectivity index (χ0n) is 17.1. The molecule has 156 valence electrons. The molecule has 0 unspecified atom stereocenters. The maximum absolute atomic E-state index is 13.0. The van der Waals surface area contributed by atoms with E-state index < -0.39 is 0 Å². The summed E-state index contributed by atoms with van der Waals surface area (Å²) in [4.78, 5) is 15.3. The van der Waals surface area contributed by atoms with Gasteiger partial charge in [-0.05, 0) is 41.9 Å². The van der Waals surface area contributed by atoms with Gasteiger partial charge in [-0.15, -0.1) is 11.7 Å². The first kappa shape index (κ1) is 19.7. The van der Waals surface area contributed by atoms with Crippen LogP contribution in [0.15, 0.2) is 78.1 Å². The van der Waals surface area contributed by atoms with E-state index in [2.05, 4.69) is 41.8 Å². The molecule has 0 fully saturated rings. The van der Waals surface area contributed by atoms with Crippen LogP contribution in [0, 0.1) is 4.77 Å². The van der Waals surface area contributed by atoms with Crippen molar-refractivity contribution in [3.8, 4) is 0 Å². The van der Waals surface area contributed by atoms with Crippen LogP contribution < -0.4 is 5.56 Å². The fraction of sp³-hybridized carbons (Fsp3) is 0.208. The Hall–Kier alpha value is -3.29. The maximum Gasteiger partial charge on any atom is 0.263 e. The van der Waals surface area contributed by atoms with Crippen molar-refractivity contribution >= 4 is 34.5 Å². The van der Waals surface area contributed by atoms with Gasteiger partial charge in [0, 0.05) is 19.6 Å². The van der Waals surface area contributed by atoms with Crippen LogP contribution in [0.2, 0.25) is 0 Å². The summed E-state index contributed by atoms with van der Waals surface area (Å²) < 4.78 is 5.93. The Morgan fingerprint density at radius 3 is 2.61 bits per heavy atom. The number of fused-ring (bicyclic) bond motifs is 3. The minimum absolute atomic E-state index is 0.0800. The summed E-state index contributed by atoms with van der Waals surface area (Å²) in [6.07, 6.45) is 4.97. The summed E-state index contributed by atoms with van der Waals surface area (Å²) in [5.74, 6) is 0.547. The first-order valence-corrected chi connectivity index (χ1v) is 10.8. The number of para-hydroxylation sites is 1. The van der Waals surface area contributed by atoms with Gasteiger partial charge in [-0.25, -0.2) is 4.68 Å². The number of aromatic nitrogens is 4. The van der Waals surface area contributed by atoms with E-state index in [4.69, 9.17) is 17.3 Å². The molecular formula is C24H23N5OS. The van der Waals surface area contributed by atoms with Crippen LogP contribution >= 0.6 is 12.2 Å². The predicted octanol–water partition coefficient (Wildman–Crippen LogP) is 4.11. The van der Waals surface area contributed by atoms with Crippen LogP contribution in [0.25, 0.3) is 22.3 Å². The van der Waals surface area contributed by atoms with Gasteiger partial charge in [-0.1, -0.05) is 54.6 Å². The Bertz CT molecular complexity index is 1430. The van der Waals surface area contributed by atoms with Gasteiger partial charge >= 0.3 is 0 Å². The lowest BCUT2D eigenvalue weighted by atomic mass is 10.00. The number of hydrogen-bond acceptors (Lipinski definition) is 4. The van der Waals surface area contributed by atoms with E-state index in [-0.39, 0.29) is 5.56 Å². The van der Waals surface area contributed by atoms with Crippen LogP contribution in [-0.2, 0) is 13.2 Å². The van der Waals surface area contributed by atoms with E-state index >= 15 is 0 Å². The number of rotatable bonds is 5. The third-order valence-electron chi connectivity index (χ3n) is 5.77. The van der Waals surface area contributed by atoms with Gasteiger partial charge in [0.1, 0.15) is 0 Å². The highest BCUT2D eigenvalue weighted by atomic mass is 32.1. The fourth-order valence-electron chi connectivity index (χ4n) is 4.20. The summed E-state index contributed by atoms with van der Waals surface area (Å²) in [7, 11) is 0. The fourth-order valence-corrected chi connectivity index (χ4v) is 4.48. The molecular weight excluding hydrogens is 406 g/mol. The van der Waals surface area contributed by atoms with E-state index in [0.29, 0.717) is 29.1 Å². The molecule has 0 spiro atoms. The molecule has 31 heavy (non-hydrogen) atoms. The van der Waals surface area contributed by atoms with E-state index in [0.717, 1.165) is 25.0 Å². The van der Waals surface area contributed by atoms with Gasteiger partial charge in [-0.3, -0.25) is 18.7 Å². The van der Waals surface area contributed by atoms with E-state index in [1.165, 1.54) is 11.1 Å². The number of allylic oxidation sites excluding steroid dienone is 1. The molecule has 2 aromatic carbocycles. The van der Waals surface area contributed by atoms with Crippen molar-refractivity contribution in [2.24, 2.45) is 0 Å². The van der Waals surface area contributed by atoms with Gasteiger partial charge in [0.2, 0.25) is 10.5 Å². The average molecular weight is 430 g/mol. The summed E-state index contributed by atoms with van der Waals surface area (Å²) in [6, 6.07) is 18.0. The van der Waals surface area contributed by atoms with Crippen LogP contribution in [0.4, 0.5) is 0 Å². The van der Waals surface area contributed by atoms with Crippen LogP contribution in [-0.4, -0.2) is 36.7 Å². The second-order valence-electron chi connectivity index (χ2n) is 7.70. The topological polar surface area (TPSA) is 47.5 Å². The van der Waals surface area contributed by atoms with E-state index in [9.17, 15) is 4.79 Å². The van der Waals surface area contributed by atoms with Gasteiger partial charge in [0.15, 0.2) is 0 Å². The lowest BCUT2D eigenvalue weighted by molar-refractivity contribution is 0.226. The van der Waals surface area contributed by atoms with Crippen molar-refractivity contribution in [3.63, 3.8) is 0 Å². The highest BCUT2D eigenvalue weighted by Crippen LogP contribution is 2.22. The van der Waals surface area contributed by atoms with Gasteiger partial charge in [0.25, 0.3) is 5.56 Å². The molecule has 1 aliphatic heterocycles. The molecule has 0 radical (unpaired) electrons. The molecule has 0 aliphatic carbocycles. The lowest BCUT2D eigenvalue weighted by Crippen LogP contribution is -2.31. The highest BCUT2D eigenvalue weighted by Gasteiger charge is 2.18. The van der Waals surface area contributed by atoms with Crippen molar-refractivity contribution in [3.05, 3.63) is 94.0 Å². The van der Waals surface area contributed by atoms with E-state index in [1.807, 2.05) is 39.4 Å². The van der Waals surface area contributed by atoms with Crippen molar-refractivity contribution in [1.29, 1.82) is 0 Å². The normalized spacial score (nSPS) is 14.8. The second kappa shape index (κ2) is 8.09. The Balaban J connectivity index is 1.53. The molecule has 7 heteroatoms. The minimum Gasteiger partial charge on any atom is -0.280 e. The second-order valence-corrected chi connectivity index (χ2v) is 8.07. The molecule has 0 bridgehead atoms. The zero-order valence-corrected chi connectivity index (χ0v) is 18.0. The average Bonchev–Trinajstić information content (AvgIpc) is 3.13. The predicted molar refractivity (Wildman–Crippen MR) is 127 cm³/mol. The third-order valence-corrected chi connectivity index (χ3v) is 6.16. The van der Waals surface area contributed by atoms with Crippen LogP contribution in [0.3, 0.4) is 0 Å². The standard InChI is InChI=1S/C24H23N5OS/c1-2-14-27-22(30)20-10-6-7-11-21(20)29-23(27)25-28(24(29)31)17-26-15-12-19(13-16-26)18-8-4-3-5-9-18/h2-12H,1,13-17H2. The molecule has 3 heterocycles. The summed E-state index contributed by atoms with van der Waals surface area (Å²) in [5, 5.41) is 5.37. The van der Waals surface area contributed by atoms with Crippen molar-refractivity contribution in [1.82, 2.24) is 23.6 Å². The molecule has 0 saturated heterocycles. The molecule has 0 saturated carbocycles. The summed E-state index contributed by atoms with van der Waals surface area (Å²) in [5.41, 5.74) is 3.36. The van der Waals surface area contributed by atoms with E-state index in [1.54, 1.807) is 10.6 Å². The van der Waals surface area contributed by atoms with Gasteiger partial charge < -0.3 is 0 Å². The number of benzene rings is 2.